The molecule has 2 aromatic carbocycles. The molecule has 0 atom stereocenters. The van der Waals surface area contributed by atoms with E-state index in [4.69, 9.17) is 11.0 Å². The van der Waals surface area contributed by atoms with Gasteiger partial charge in [0.05, 0.1) is 5.56 Å². The van der Waals surface area contributed by atoms with Crippen molar-refractivity contribution in [3.8, 4) is 6.07 Å². The molecule has 0 saturated carbocycles. The number of benzene rings is 2. The van der Waals surface area contributed by atoms with Crippen molar-refractivity contribution in [2.45, 2.75) is 13.1 Å². The highest BCUT2D eigenvalue weighted by Gasteiger charge is 2.08. The minimum atomic E-state index is -0.477. The fourth-order valence-corrected chi connectivity index (χ4v) is 2.25. The molecule has 4 heteroatoms. The standard InChI is InChI=1S/C17H18FN3/c18-17-7-6-15(10-16(17)11-20)13-21(9-8-19)12-14-4-2-1-3-5-14/h1-7,10H,8-9,12-13,19H2. The maximum absolute atomic E-state index is 13.3. The topological polar surface area (TPSA) is 53.0 Å². The predicted molar refractivity (Wildman–Crippen MR) is 80.7 cm³/mol. The van der Waals surface area contributed by atoms with E-state index in [1.807, 2.05) is 24.3 Å². The Balaban J connectivity index is 2.11. The van der Waals surface area contributed by atoms with E-state index in [1.165, 1.54) is 11.6 Å². The van der Waals surface area contributed by atoms with E-state index in [0.29, 0.717) is 13.1 Å². The summed E-state index contributed by atoms with van der Waals surface area (Å²) in [5.74, 6) is -0.477. The van der Waals surface area contributed by atoms with Crippen LogP contribution in [0.3, 0.4) is 0 Å². The Kier molecular flexibility index (Phi) is 5.44. The third-order valence-electron chi connectivity index (χ3n) is 3.25. The molecule has 0 spiro atoms. The van der Waals surface area contributed by atoms with Crippen molar-refractivity contribution in [2.24, 2.45) is 5.73 Å². The van der Waals surface area contributed by atoms with Crippen LogP contribution < -0.4 is 5.73 Å². The quantitative estimate of drug-likeness (QED) is 0.886. The SMILES string of the molecule is N#Cc1cc(CN(CCN)Cc2ccccc2)ccc1F. The predicted octanol–water partition coefficient (Wildman–Crippen LogP) is 2.66. The van der Waals surface area contributed by atoms with Crippen LogP contribution in [0.15, 0.2) is 48.5 Å². The first-order valence-electron chi connectivity index (χ1n) is 6.88. The van der Waals surface area contributed by atoms with Gasteiger partial charge in [-0.1, -0.05) is 36.4 Å². The first-order chi connectivity index (χ1) is 10.2. The first kappa shape index (κ1) is 15.2. The Hall–Kier alpha value is -2.22. The van der Waals surface area contributed by atoms with E-state index in [1.54, 1.807) is 12.1 Å². The Morgan fingerprint density at radius 3 is 2.43 bits per heavy atom. The van der Waals surface area contributed by atoms with E-state index >= 15 is 0 Å². The molecule has 2 rings (SSSR count). The van der Waals surface area contributed by atoms with E-state index in [0.717, 1.165) is 18.7 Å². The molecule has 0 aliphatic rings. The second-order valence-corrected chi connectivity index (χ2v) is 4.91. The zero-order chi connectivity index (χ0) is 15.1. The molecule has 0 amide bonds. The number of nitriles is 1. The molecule has 0 aliphatic heterocycles. The smallest absolute Gasteiger partial charge is 0.140 e. The number of nitrogens with two attached hydrogens (primary N) is 1. The van der Waals surface area contributed by atoms with Gasteiger partial charge in [-0.05, 0) is 23.3 Å². The molecule has 21 heavy (non-hydrogen) atoms. The Labute approximate surface area is 124 Å². The van der Waals surface area contributed by atoms with Crippen molar-refractivity contribution in [3.05, 3.63) is 71.0 Å². The lowest BCUT2D eigenvalue weighted by Crippen LogP contribution is -2.28. The molecule has 108 valence electrons. The molecule has 0 unspecified atom stereocenters. The number of nitrogens with zero attached hydrogens (tertiary/aromatic N) is 2. The third-order valence-corrected chi connectivity index (χ3v) is 3.25. The summed E-state index contributed by atoms with van der Waals surface area (Å²) in [7, 11) is 0. The van der Waals surface area contributed by atoms with Gasteiger partial charge in [0.25, 0.3) is 0 Å². The van der Waals surface area contributed by atoms with Gasteiger partial charge in [0.1, 0.15) is 11.9 Å². The average Bonchev–Trinajstić information content (AvgIpc) is 2.50. The van der Waals surface area contributed by atoms with Crippen LogP contribution in [0.1, 0.15) is 16.7 Å². The minimum absolute atomic E-state index is 0.0832. The molecule has 0 bridgehead atoms. The number of hydrogen-bond acceptors (Lipinski definition) is 3. The molecular formula is C17H18FN3. The second kappa shape index (κ2) is 7.53. The molecule has 0 heterocycles. The van der Waals surface area contributed by atoms with Crippen LogP contribution in [0.25, 0.3) is 0 Å². The van der Waals surface area contributed by atoms with Gasteiger partial charge in [0, 0.05) is 26.2 Å². The summed E-state index contributed by atoms with van der Waals surface area (Å²) in [5.41, 5.74) is 7.86. The highest BCUT2D eigenvalue weighted by Crippen LogP contribution is 2.13. The normalized spacial score (nSPS) is 10.6. The van der Waals surface area contributed by atoms with Crippen molar-refractivity contribution in [2.75, 3.05) is 13.1 Å². The highest BCUT2D eigenvalue weighted by atomic mass is 19.1. The number of halogens is 1. The molecule has 0 aromatic heterocycles. The third kappa shape index (κ3) is 4.38. The summed E-state index contributed by atoms with van der Waals surface area (Å²) >= 11 is 0. The maximum atomic E-state index is 13.3. The van der Waals surface area contributed by atoms with Crippen molar-refractivity contribution in [3.63, 3.8) is 0 Å². The lowest BCUT2D eigenvalue weighted by molar-refractivity contribution is 0.264. The van der Waals surface area contributed by atoms with Gasteiger partial charge in [-0.3, -0.25) is 4.90 Å². The van der Waals surface area contributed by atoms with Crippen LogP contribution in [0, 0.1) is 17.1 Å². The molecule has 2 aromatic rings. The van der Waals surface area contributed by atoms with Crippen molar-refractivity contribution >= 4 is 0 Å². The van der Waals surface area contributed by atoms with Crippen LogP contribution in [-0.2, 0) is 13.1 Å². The van der Waals surface area contributed by atoms with Gasteiger partial charge in [-0.25, -0.2) is 4.39 Å². The molecule has 0 radical (unpaired) electrons. The van der Waals surface area contributed by atoms with E-state index < -0.39 is 5.82 Å². The minimum Gasteiger partial charge on any atom is -0.329 e. The Morgan fingerprint density at radius 2 is 1.76 bits per heavy atom. The van der Waals surface area contributed by atoms with Crippen LogP contribution in [0.2, 0.25) is 0 Å². The fraction of sp³-hybridized carbons (Fsp3) is 0.235. The van der Waals surface area contributed by atoms with Gasteiger partial charge < -0.3 is 5.73 Å². The van der Waals surface area contributed by atoms with Crippen molar-refractivity contribution in [1.82, 2.24) is 4.90 Å². The summed E-state index contributed by atoms with van der Waals surface area (Å²) in [6, 6.07) is 16.6. The summed E-state index contributed by atoms with van der Waals surface area (Å²) in [4.78, 5) is 2.18. The molecule has 3 nitrogen and oxygen atoms in total. The first-order valence-corrected chi connectivity index (χ1v) is 6.88. The summed E-state index contributed by atoms with van der Waals surface area (Å²) in [5, 5.41) is 8.89. The summed E-state index contributed by atoms with van der Waals surface area (Å²) in [6.45, 7) is 2.71. The largest absolute Gasteiger partial charge is 0.329 e. The van der Waals surface area contributed by atoms with Gasteiger partial charge >= 0.3 is 0 Å². The van der Waals surface area contributed by atoms with Crippen LogP contribution in [-0.4, -0.2) is 18.0 Å². The molecule has 0 saturated heterocycles. The molecule has 0 fully saturated rings. The number of hydrogen-bond donors (Lipinski definition) is 1. The molecule has 0 aliphatic carbocycles. The second-order valence-electron chi connectivity index (χ2n) is 4.91. The Bertz CT molecular complexity index is 620. The van der Waals surface area contributed by atoms with Crippen molar-refractivity contribution in [1.29, 1.82) is 5.26 Å². The highest BCUT2D eigenvalue weighted by molar-refractivity contribution is 5.34. The lowest BCUT2D eigenvalue weighted by atomic mass is 10.1. The Morgan fingerprint density at radius 1 is 1.05 bits per heavy atom. The maximum Gasteiger partial charge on any atom is 0.140 e. The monoisotopic (exact) mass is 283 g/mol. The van der Waals surface area contributed by atoms with Gasteiger partial charge in [-0.2, -0.15) is 5.26 Å². The van der Waals surface area contributed by atoms with Crippen LogP contribution in [0.4, 0.5) is 4.39 Å². The molecule has 2 N–H and O–H groups in total. The van der Waals surface area contributed by atoms with Gasteiger partial charge in [-0.15, -0.1) is 0 Å². The van der Waals surface area contributed by atoms with E-state index in [9.17, 15) is 4.39 Å². The summed E-state index contributed by atoms with van der Waals surface area (Å²) < 4.78 is 13.3. The van der Waals surface area contributed by atoms with E-state index in [-0.39, 0.29) is 5.56 Å². The zero-order valence-electron chi connectivity index (χ0n) is 11.8. The lowest BCUT2D eigenvalue weighted by Gasteiger charge is -2.22. The van der Waals surface area contributed by atoms with Gasteiger partial charge in [0.2, 0.25) is 0 Å². The average molecular weight is 283 g/mol. The van der Waals surface area contributed by atoms with Crippen LogP contribution >= 0.6 is 0 Å². The number of rotatable bonds is 6. The van der Waals surface area contributed by atoms with Crippen molar-refractivity contribution < 1.29 is 4.39 Å². The summed E-state index contributed by atoms with van der Waals surface area (Å²) in [6.07, 6.45) is 0. The zero-order valence-corrected chi connectivity index (χ0v) is 11.8. The van der Waals surface area contributed by atoms with E-state index in [2.05, 4.69) is 17.0 Å². The van der Waals surface area contributed by atoms with Crippen LogP contribution in [0.5, 0.6) is 0 Å². The molecular weight excluding hydrogens is 265 g/mol. The van der Waals surface area contributed by atoms with Gasteiger partial charge in [0.15, 0.2) is 0 Å². The fourth-order valence-electron chi connectivity index (χ4n) is 2.25.